The lowest BCUT2D eigenvalue weighted by molar-refractivity contribution is -0.146. The van der Waals surface area contributed by atoms with Crippen LogP contribution in [0.2, 0.25) is 0 Å². The Labute approximate surface area is 102 Å². The van der Waals surface area contributed by atoms with E-state index in [1.54, 1.807) is 19.1 Å². The molecule has 1 aliphatic heterocycles. The van der Waals surface area contributed by atoms with Gasteiger partial charge in [0.25, 0.3) is 0 Å². The van der Waals surface area contributed by atoms with Gasteiger partial charge < -0.3 is 10.0 Å². The maximum absolute atomic E-state index is 11.2. The number of aromatic nitrogens is 5. The van der Waals surface area contributed by atoms with Gasteiger partial charge in [-0.15, -0.1) is 14.8 Å². The van der Waals surface area contributed by atoms with Crippen LogP contribution < -0.4 is 4.90 Å². The number of hydrogen-bond donors (Lipinski definition) is 1. The van der Waals surface area contributed by atoms with Crippen molar-refractivity contribution in [1.82, 2.24) is 25.3 Å². The van der Waals surface area contributed by atoms with Crippen LogP contribution in [0.25, 0.3) is 5.65 Å². The Hall–Kier alpha value is -2.25. The molecule has 0 radical (unpaired) electrons. The van der Waals surface area contributed by atoms with Gasteiger partial charge in [-0.25, -0.2) is 0 Å². The number of aliphatic carboxylic acids is 1. The van der Waals surface area contributed by atoms with Crippen LogP contribution in [0.3, 0.4) is 0 Å². The number of anilines is 1. The maximum atomic E-state index is 11.2. The van der Waals surface area contributed by atoms with Crippen molar-refractivity contribution in [3.63, 3.8) is 0 Å². The maximum Gasteiger partial charge on any atom is 0.311 e. The fourth-order valence-electron chi connectivity index (χ4n) is 2.14. The average Bonchev–Trinajstić information content (AvgIpc) is 2.95. The minimum absolute atomic E-state index is 0.447. The van der Waals surface area contributed by atoms with E-state index in [0.717, 1.165) is 0 Å². The van der Waals surface area contributed by atoms with Crippen LogP contribution in [0, 0.1) is 5.41 Å². The molecule has 8 nitrogen and oxygen atoms in total. The third-order valence-electron chi connectivity index (χ3n) is 3.37. The second-order valence-electron chi connectivity index (χ2n) is 4.76. The first kappa shape index (κ1) is 10.9. The van der Waals surface area contributed by atoms with Crippen molar-refractivity contribution in [1.29, 1.82) is 0 Å². The van der Waals surface area contributed by atoms with E-state index >= 15 is 0 Å². The first-order chi connectivity index (χ1) is 8.58. The zero-order valence-corrected chi connectivity index (χ0v) is 9.81. The van der Waals surface area contributed by atoms with Gasteiger partial charge >= 0.3 is 5.97 Å². The Morgan fingerprint density at radius 1 is 1.50 bits per heavy atom. The summed E-state index contributed by atoms with van der Waals surface area (Å²) in [6, 6.07) is 3.57. The van der Waals surface area contributed by atoms with Crippen LogP contribution in [0.5, 0.6) is 0 Å². The summed E-state index contributed by atoms with van der Waals surface area (Å²) < 4.78 is 1.34. The predicted octanol–water partition coefficient (Wildman–Crippen LogP) is -0.180. The zero-order valence-electron chi connectivity index (χ0n) is 9.81. The summed E-state index contributed by atoms with van der Waals surface area (Å²) in [6.07, 6.45) is 0.609. The van der Waals surface area contributed by atoms with Crippen molar-refractivity contribution in [2.45, 2.75) is 13.3 Å². The molecule has 0 aliphatic carbocycles. The fraction of sp³-hybridized carbons (Fsp3) is 0.500. The van der Waals surface area contributed by atoms with E-state index in [0.29, 0.717) is 31.0 Å². The molecule has 3 heterocycles. The summed E-state index contributed by atoms with van der Waals surface area (Å²) in [5.74, 6) is -0.0757. The standard InChI is InChI=1S/C10H12N6O2/c1-10(9(17)18)4-5-15(6-10)8-3-2-7-11-13-14-16(7)12-8/h2-3H,4-6H2,1H3,(H,17,18). The van der Waals surface area contributed by atoms with Gasteiger partial charge in [-0.1, -0.05) is 0 Å². The SMILES string of the molecule is CC1(C(=O)O)CCN(c2ccc3nnnn3n2)C1. The van der Waals surface area contributed by atoms with Crippen LogP contribution in [-0.2, 0) is 4.79 Å². The van der Waals surface area contributed by atoms with Crippen molar-refractivity contribution in [3.05, 3.63) is 12.1 Å². The number of carboxylic acids is 1. The Balaban J connectivity index is 1.90. The van der Waals surface area contributed by atoms with Crippen LogP contribution in [-0.4, -0.2) is 49.4 Å². The van der Waals surface area contributed by atoms with Crippen molar-refractivity contribution >= 4 is 17.4 Å². The third-order valence-corrected chi connectivity index (χ3v) is 3.37. The molecule has 1 unspecified atom stereocenters. The number of carboxylic acid groups (broad SMARTS) is 1. The highest BCUT2D eigenvalue weighted by molar-refractivity contribution is 5.76. The molecule has 1 saturated heterocycles. The van der Waals surface area contributed by atoms with Crippen molar-refractivity contribution in [3.8, 4) is 0 Å². The molecule has 1 N–H and O–H groups in total. The first-order valence-corrected chi connectivity index (χ1v) is 5.62. The third kappa shape index (κ3) is 1.57. The molecule has 1 fully saturated rings. The van der Waals surface area contributed by atoms with Gasteiger partial charge in [0.05, 0.1) is 5.41 Å². The summed E-state index contributed by atoms with van der Waals surface area (Å²) >= 11 is 0. The Kier molecular flexibility index (Phi) is 2.19. The Morgan fingerprint density at radius 2 is 2.33 bits per heavy atom. The van der Waals surface area contributed by atoms with E-state index in [2.05, 4.69) is 20.6 Å². The number of carbonyl (C=O) groups is 1. The quantitative estimate of drug-likeness (QED) is 0.787. The van der Waals surface area contributed by atoms with Crippen molar-refractivity contribution in [2.24, 2.45) is 5.41 Å². The van der Waals surface area contributed by atoms with Gasteiger partial charge in [-0.05, 0) is 35.9 Å². The molecule has 0 saturated carbocycles. The van der Waals surface area contributed by atoms with E-state index in [1.165, 1.54) is 4.63 Å². The molecule has 94 valence electrons. The number of tetrazole rings is 1. The van der Waals surface area contributed by atoms with Crippen LogP contribution in [0.15, 0.2) is 12.1 Å². The Morgan fingerprint density at radius 3 is 3.06 bits per heavy atom. The normalized spacial score (nSPS) is 23.7. The van der Waals surface area contributed by atoms with Crippen molar-refractivity contribution in [2.75, 3.05) is 18.0 Å². The number of fused-ring (bicyclic) bond motifs is 1. The minimum Gasteiger partial charge on any atom is -0.481 e. The fourth-order valence-corrected chi connectivity index (χ4v) is 2.14. The summed E-state index contributed by atoms with van der Waals surface area (Å²) in [5.41, 5.74) is -0.143. The van der Waals surface area contributed by atoms with Crippen LogP contribution >= 0.6 is 0 Å². The van der Waals surface area contributed by atoms with E-state index in [1.807, 2.05) is 4.90 Å². The highest BCUT2D eigenvalue weighted by atomic mass is 16.4. The van der Waals surface area contributed by atoms with Gasteiger partial charge in [-0.3, -0.25) is 4.79 Å². The second-order valence-corrected chi connectivity index (χ2v) is 4.76. The molecular formula is C10H12N6O2. The summed E-state index contributed by atoms with van der Waals surface area (Å²) in [4.78, 5) is 13.1. The highest BCUT2D eigenvalue weighted by Crippen LogP contribution is 2.32. The van der Waals surface area contributed by atoms with E-state index in [-0.39, 0.29) is 0 Å². The van der Waals surface area contributed by atoms with E-state index < -0.39 is 11.4 Å². The first-order valence-electron chi connectivity index (χ1n) is 5.62. The summed E-state index contributed by atoms with van der Waals surface area (Å²) in [7, 11) is 0. The molecule has 18 heavy (non-hydrogen) atoms. The zero-order chi connectivity index (χ0) is 12.8. The van der Waals surface area contributed by atoms with Crippen LogP contribution in [0.1, 0.15) is 13.3 Å². The van der Waals surface area contributed by atoms with Crippen molar-refractivity contribution < 1.29 is 9.90 Å². The molecule has 2 aromatic rings. The van der Waals surface area contributed by atoms with E-state index in [4.69, 9.17) is 0 Å². The average molecular weight is 248 g/mol. The highest BCUT2D eigenvalue weighted by Gasteiger charge is 2.41. The predicted molar refractivity (Wildman–Crippen MR) is 61.1 cm³/mol. The second kappa shape index (κ2) is 3.62. The van der Waals surface area contributed by atoms with E-state index in [9.17, 15) is 9.90 Å². The molecular weight excluding hydrogens is 236 g/mol. The lowest BCUT2D eigenvalue weighted by Gasteiger charge is -2.20. The molecule has 1 atom stereocenters. The summed E-state index contributed by atoms with van der Waals surface area (Å²) in [6.45, 7) is 2.87. The number of nitrogens with zero attached hydrogens (tertiary/aromatic N) is 6. The molecule has 0 bridgehead atoms. The number of hydrogen-bond acceptors (Lipinski definition) is 6. The van der Waals surface area contributed by atoms with Gasteiger partial charge in [-0.2, -0.15) is 0 Å². The molecule has 2 aromatic heterocycles. The largest absolute Gasteiger partial charge is 0.481 e. The lowest BCUT2D eigenvalue weighted by atomic mass is 9.90. The molecule has 1 aliphatic rings. The molecule has 0 spiro atoms. The number of rotatable bonds is 2. The molecule has 0 amide bonds. The minimum atomic E-state index is -0.770. The Bertz CT molecular complexity index is 611. The van der Waals surface area contributed by atoms with Gasteiger partial charge in [0.1, 0.15) is 0 Å². The molecule has 8 heteroatoms. The van der Waals surface area contributed by atoms with Gasteiger partial charge in [0, 0.05) is 13.1 Å². The summed E-state index contributed by atoms with van der Waals surface area (Å²) in [5, 5.41) is 24.5. The monoisotopic (exact) mass is 248 g/mol. The topological polar surface area (TPSA) is 96.5 Å². The molecule has 3 rings (SSSR count). The van der Waals surface area contributed by atoms with Crippen LogP contribution in [0.4, 0.5) is 5.82 Å². The van der Waals surface area contributed by atoms with Gasteiger partial charge in [0.15, 0.2) is 11.5 Å². The smallest absolute Gasteiger partial charge is 0.311 e. The molecule has 0 aromatic carbocycles. The lowest BCUT2D eigenvalue weighted by Crippen LogP contribution is -2.32. The van der Waals surface area contributed by atoms with Gasteiger partial charge in [0.2, 0.25) is 0 Å².